The minimum Gasteiger partial charge on any atom is -0.385 e. The lowest BCUT2D eigenvalue weighted by Gasteiger charge is -2.26. The van der Waals surface area contributed by atoms with Gasteiger partial charge in [-0.15, -0.1) is 0 Å². The van der Waals surface area contributed by atoms with Gasteiger partial charge in [-0.25, -0.2) is 0 Å². The molecule has 0 fully saturated rings. The molecule has 0 spiro atoms. The molecular weight excluding hydrogens is 236 g/mol. The van der Waals surface area contributed by atoms with Crippen molar-refractivity contribution in [2.45, 2.75) is 38.6 Å². The highest BCUT2D eigenvalue weighted by Crippen LogP contribution is 2.15. The number of hydrogen-bond acceptors (Lipinski definition) is 4. The van der Waals surface area contributed by atoms with E-state index in [1.165, 1.54) is 0 Å². The first-order valence-corrected chi connectivity index (χ1v) is 7.34. The summed E-state index contributed by atoms with van der Waals surface area (Å²) in [5, 5.41) is 3.17. The maximum Gasteiger partial charge on any atom is 0.237 e. The van der Waals surface area contributed by atoms with Gasteiger partial charge in [0.15, 0.2) is 0 Å². The number of nitrogens with two attached hydrogens (primary N) is 1. The highest BCUT2D eigenvalue weighted by molar-refractivity contribution is 7.99. The van der Waals surface area contributed by atoms with Gasteiger partial charge in [0.25, 0.3) is 0 Å². The first-order valence-electron chi connectivity index (χ1n) is 6.18. The molecule has 0 aliphatic heterocycles. The van der Waals surface area contributed by atoms with Crippen molar-refractivity contribution in [3.05, 3.63) is 0 Å². The molecule has 0 saturated carbocycles. The number of amides is 1. The summed E-state index contributed by atoms with van der Waals surface area (Å²) in [5.74, 6) is 1.92. The molecule has 0 heterocycles. The number of methoxy groups -OCH3 is 1. The Balaban J connectivity index is 3.65. The Labute approximate surface area is 109 Å². The molecule has 102 valence electrons. The van der Waals surface area contributed by atoms with Crippen LogP contribution in [-0.4, -0.2) is 43.2 Å². The van der Waals surface area contributed by atoms with E-state index in [1.54, 1.807) is 7.11 Å². The van der Waals surface area contributed by atoms with Crippen LogP contribution < -0.4 is 11.1 Å². The van der Waals surface area contributed by atoms with Crippen molar-refractivity contribution >= 4 is 17.7 Å². The zero-order valence-corrected chi connectivity index (χ0v) is 12.1. The fourth-order valence-corrected chi connectivity index (χ4v) is 2.50. The number of thioether (sulfide) groups is 1. The number of rotatable bonds is 11. The van der Waals surface area contributed by atoms with Crippen molar-refractivity contribution in [2.24, 2.45) is 5.73 Å². The summed E-state index contributed by atoms with van der Waals surface area (Å²) in [7, 11) is 1.72. The summed E-state index contributed by atoms with van der Waals surface area (Å²) in [4.78, 5) is 11.4. The van der Waals surface area contributed by atoms with E-state index in [4.69, 9.17) is 10.5 Å². The molecule has 0 aromatic rings. The third-order valence-electron chi connectivity index (χ3n) is 2.71. The summed E-state index contributed by atoms with van der Waals surface area (Å²) >= 11 is 1.90. The number of nitrogens with one attached hydrogen (secondary N) is 1. The van der Waals surface area contributed by atoms with Crippen molar-refractivity contribution in [1.29, 1.82) is 0 Å². The lowest BCUT2D eigenvalue weighted by molar-refractivity contribution is -0.124. The SMILES string of the molecule is CCNC(C)(CCCSCCCOC)C(N)=O. The van der Waals surface area contributed by atoms with Gasteiger partial charge in [-0.1, -0.05) is 6.92 Å². The zero-order valence-electron chi connectivity index (χ0n) is 11.3. The molecule has 0 aromatic heterocycles. The molecule has 1 unspecified atom stereocenters. The van der Waals surface area contributed by atoms with E-state index in [0.29, 0.717) is 0 Å². The van der Waals surface area contributed by atoms with Crippen LogP contribution in [0.2, 0.25) is 0 Å². The molecule has 0 aromatic carbocycles. The molecule has 5 heteroatoms. The minimum atomic E-state index is -0.554. The predicted molar refractivity (Wildman–Crippen MR) is 74.3 cm³/mol. The van der Waals surface area contributed by atoms with Gasteiger partial charge in [-0.3, -0.25) is 4.79 Å². The maximum absolute atomic E-state index is 11.4. The van der Waals surface area contributed by atoms with Gasteiger partial charge in [0, 0.05) is 13.7 Å². The number of ether oxygens (including phenoxy) is 1. The Morgan fingerprint density at radius 3 is 2.59 bits per heavy atom. The second-order valence-corrected chi connectivity index (χ2v) is 5.51. The van der Waals surface area contributed by atoms with Crippen molar-refractivity contribution in [2.75, 3.05) is 31.8 Å². The van der Waals surface area contributed by atoms with Crippen LogP contribution in [0.1, 0.15) is 33.1 Å². The lowest BCUT2D eigenvalue weighted by Crippen LogP contribution is -2.53. The lowest BCUT2D eigenvalue weighted by atomic mass is 9.95. The maximum atomic E-state index is 11.4. The van der Waals surface area contributed by atoms with Gasteiger partial charge in [-0.05, 0) is 44.2 Å². The Hall–Kier alpha value is -0.260. The number of likely N-dealkylation sites (N-methyl/N-ethyl adjacent to an activating group) is 1. The van der Waals surface area contributed by atoms with Gasteiger partial charge in [0.1, 0.15) is 0 Å². The Morgan fingerprint density at radius 1 is 1.41 bits per heavy atom. The van der Waals surface area contributed by atoms with Crippen LogP contribution in [-0.2, 0) is 9.53 Å². The Kier molecular flexibility index (Phi) is 9.59. The molecule has 0 saturated heterocycles. The van der Waals surface area contributed by atoms with Crippen LogP contribution in [0.3, 0.4) is 0 Å². The molecular formula is C12H26N2O2S. The van der Waals surface area contributed by atoms with Crippen molar-refractivity contribution in [3.63, 3.8) is 0 Å². The topological polar surface area (TPSA) is 64.3 Å². The zero-order chi connectivity index (χ0) is 13.1. The second-order valence-electron chi connectivity index (χ2n) is 4.29. The van der Waals surface area contributed by atoms with Gasteiger partial charge in [-0.2, -0.15) is 11.8 Å². The van der Waals surface area contributed by atoms with E-state index in [9.17, 15) is 4.79 Å². The first kappa shape index (κ1) is 16.7. The average molecular weight is 262 g/mol. The van der Waals surface area contributed by atoms with E-state index in [0.717, 1.165) is 43.9 Å². The molecule has 17 heavy (non-hydrogen) atoms. The van der Waals surface area contributed by atoms with E-state index < -0.39 is 5.54 Å². The van der Waals surface area contributed by atoms with Crippen molar-refractivity contribution < 1.29 is 9.53 Å². The summed E-state index contributed by atoms with van der Waals surface area (Å²) in [5.41, 5.74) is 4.86. The van der Waals surface area contributed by atoms with Crippen LogP contribution >= 0.6 is 11.8 Å². The number of primary amides is 1. The van der Waals surface area contributed by atoms with Crippen molar-refractivity contribution in [1.82, 2.24) is 5.32 Å². The van der Waals surface area contributed by atoms with E-state index in [-0.39, 0.29) is 5.91 Å². The smallest absolute Gasteiger partial charge is 0.237 e. The Morgan fingerprint density at radius 2 is 2.06 bits per heavy atom. The minimum absolute atomic E-state index is 0.260. The number of hydrogen-bond donors (Lipinski definition) is 2. The monoisotopic (exact) mass is 262 g/mol. The Bertz CT molecular complexity index is 215. The van der Waals surface area contributed by atoms with E-state index in [2.05, 4.69) is 5.32 Å². The molecule has 1 atom stereocenters. The number of carbonyl (C=O) groups excluding carboxylic acids is 1. The normalized spacial score (nSPS) is 14.5. The summed E-state index contributed by atoms with van der Waals surface area (Å²) < 4.78 is 4.98. The largest absolute Gasteiger partial charge is 0.385 e. The average Bonchev–Trinajstić information content (AvgIpc) is 2.28. The third kappa shape index (κ3) is 7.63. The molecule has 0 bridgehead atoms. The van der Waals surface area contributed by atoms with Crippen molar-refractivity contribution in [3.8, 4) is 0 Å². The standard InChI is InChI=1S/C12H26N2O2S/c1-4-14-12(2,11(13)15)7-5-9-17-10-6-8-16-3/h14H,4-10H2,1-3H3,(H2,13,15). The summed E-state index contributed by atoms with van der Waals surface area (Å²) in [6, 6.07) is 0. The fourth-order valence-electron chi connectivity index (χ4n) is 1.62. The van der Waals surface area contributed by atoms with Gasteiger partial charge < -0.3 is 15.8 Å². The first-order chi connectivity index (χ1) is 8.06. The van der Waals surface area contributed by atoms with E-state index >= 15 is 0 Å². The van der Waals surface area contributed by atoms with Gasteiger partial charge >= 0.3 is 0 Å². The second kappa shape index (κ2) is 9.74. The molecule has 0 radical (unpaired) electrons. The molecule has 4 nitrogen and oxygen atoms in total. The van der Waals surface area contributed by atoms with Crippen LogP contribution in [0.15, 0.2) is 0 Å². The van der Waals surface area contributed by atoms with Gasteiger partial charge in [0.2, 0.25) is 5.91 Å². The molecule has 3 N–H and O–H groups in total. The molecule has 0 aliphatic carbocycles. The van der Waals surface area contributed by atoms with Gasteiger partial charge in [0.05, 0.1) is 5.54 Å². The van der Waals surface area contributed by atoms with Crippen LogP contribution in [0, 0.1) is 0 Å². The van der Waals surface area contributed by atoms with E-state index in [1.807, 2.05) is 25.6 Å². The van der Waals surface area contributed by atoms with Crippen LogP contribution in [0.4, 0.5) is 0 Å². The van der Waals surface area contributed by atoms with Crippen LogP contribution in [0.5, 0.6) is 0 Å². The molecule has 0 rings (SSSR count). The molecule has 1 amide bonds. The summed E-state index contributed by atoms with van der Waals surface area (Å²) in [6.07, 6.45) is 2.89. The predicted octanol–water partition coefficient (Wildman–Crippen LogP) is 1.39. The number of carbonyl (C=O) groups is 1. The highest BCUT2D eigenvalue weighted by Gasteiger charge is 2.28. The third-order valence-corrected chi connectivity index (χ3v) is 3.87. The quantitative estimate of drug-likeness (QED) is 0.552. The highest BCUT2D eigenvalue weighted by atomic mass is 32.2. The van der Waals surface area contributed by atoms with Crippen LogP contribution in [0.25, 0.3) is 0 Å². The molecule has 0 aliphatic rings. The fraction of sp³-hybridized carbons (Fsp3) is 0.917. The summed E-state index contributed by atoms with van der Waals surface area (Å²) in [6.45, 7) is 5.46.